The van der Waals surface area contributed by atoms with Crippen LogP contribution in [0.3, 0.4) is 0 Å². The molecular formula is C19H21FO2. The van der Waals surface area contributed by atoms with Gasteiger partial charge in [0.05, 0.1) is 13.7 Å². The lowest BCUT2D eigenvalue weighted by Gasteiger charge is -2.18. The molecule has 2 nitrogen and oxygen atoms in total. The standard InChI is InChI=1S/C19H21FO2/c1-22-15-7-9-19(20)18(11-15)16-8-6-13(12-21)10-17(16)14-4-2-3-5-14/h6-11,14,21H,2-5,12H2,1H3. The summed E-state index contributed by atoms with van der Waals surface area (Å²) in [6.45, 7) is 0.0145. The summed E-state index contributed by atoms with van der Waals surface area (Å²) in [5.41, 5.74) is 3.52. The van der Waals surface area contributed by atoms with Gasteiger partial charge in [0.2, 0.25) is 0 Å². The molecule has 0 aliphatic heterocycles. The summed E-state index contributed by atoms with van der Waals surface area (Å²) in [5.74, 6) is 0.865. The van der Waals surface area contributed by atoms with Gasteiger partial charge in [-0.3, -0.25) is 0 Å². The molecule has 3 heteroatoms. The summed E-state index contributed by atoms with van der Waals surface area (Å²) in [7, 11) is 1.59. The second-order valence-corrected chi connectivity index (χ2v) is 5.91. The maximum Gasteiger partial charge on any atom is 0.131 e. The first-order valence-electron chi connectivity index (χ1n) is 7.80. The van der Waals surface area contributed by atoms with Gasteiger partial charge in [0.1, 0.15) is 11.6 Å². The van der Waals surface area contributed by atoms with Crippen LogP contribution in [0.1, 0.15) is 42.7 Å². The molecule has 1 fully saturated rings. The van der Waals surface area contributed by atoms with E-state index >= 15 is 0 Å². The molecule has 0 radical (unpaired) electrons. The first-order chi connectivity index (χ1) is 10.7. The number of hydrogen-bond donors (Lipinski definition) is 1. The van der Waals surface area contributed by atoms with E-state index in [2.05, 4.69) is 0 Å². The number of methoxy groups -OCH3 is 1. The van der Waals surface area contributed by atoms with Crippen LogP contribution in [0.15, 0.2) is 36.4 Å². The van der Waals surface area contributed by atoms with E-state index in [0.717, 1.165) is 29.5 Å². The van der Waals surface area contributed by atoms with Crippen LogP contribution in [0.4, 0.5) is 4.39 Å². The van der Waals surface area contributed by atoms with Crippen LogP contribution in [0.5, 0.6) is 5.75 Å². The zero-order valence-electron chi connectivity index (χ0n) is 12.8. The average Bonchev–Trinajstić information content (AvgIpc) is 3.09. The first-order valence-corrected chi connectivity index (χ1v) is 7.80. The van der Waals surface area contributed by atoms with Crippen LogP contribution in [0.2, 0.25) is 0 Å². The summed E-state index contributed by atoms with van der Waals surface area (Å²) in [6, 6.07) is 10.7. The molecule has 0 bridgehead atoms. The second-order valence-electron chi connectivity index (χ2n) is 5.91. The van der Waals surface area contributed by atoms with Crippen molar-refractivity contribution in [2.24, 2.45) is 0 Å². The summed E-state index contributed by atoms with van der Waals surface area (Å²) in [5, 5.41) is 9.41. The number of ether oxygens (including phenoxy) is 1. The zero-order chi connectivity index (χ0) is 15.5. The fourth-order valence-electron chi connectivity index (χ4n) is 3.37. The maximum absolute atomic E-state index is 14.3. The number of hydrogen-bond acceptors (Lipinski definition) is 2. The third-order valence-corrected chi connectivity index (χ3v) is 4.56. The molecule has 1 aliphatic rings. The predicted molar refractivity (Wildman–Crippen MR) is 85.5 cm³/mol. The van der Waals surface area contributed by atoms with Crippen LogP contribution in [-0.2, 0) is 6.61 Å². The normalized spacial score (nSPS) is 15.2. The molecule has 1 N–H and O–H groups in total. The summed E-state index contributed by atoms with van der Waals surface area (Å²) in [6.07, 6.45) is 4.70. The Labute approximate surface area is 130 Å². The van der Waals surface area contributed by atoms with Crippen molar-refractivity contribution < 1.29 is 14.2 Å². The number of aliphatic hydroxyl groups is 1. The Bertz CT molecular complexity index is 660. The SMILES string of the molecule is COc1ccc(F)c(-c2ccc(CO)cc2C2CCCC2)c1. The fourth-order valence-corrected chi connectivity index (χ4v) is 3.37. The van der Waals surface area contributed by atoms with Gasteiger partial charge in [-0.1, -0.05) is 31.0 Å². The van der Waals surface area contributed by atoms with Gasteiger partial charge < -0.3 is 9.84 Å². The topological polar surface area (TPSA) is 29.5 Å². The summed E-state index contributed by atoms with van der Waals surface area (Å²) < 4.78 is 19.6. The molecule has 116 valence electrons. The molecule has 1 aliphatic carbocycles. The van der Waals surface area contributed by atoms with Gasteiger partial charge in [-0.05, 0) is 53.6 Å². The second kappa shape index (κ2) is 6.49. The van der Waals surface area contributed by atoms with Gasteiger partial charge in [-0.15, -0.1) is 0 Å². The molecule has 0 atom stereocenters. The van der Waals surface area contributed by atoms with Crippen molar-refractivity contribution >= 4 is 0 Å². The minimum absolute atomic E-state index is 0.0145. The molecule has 2 aromatic rings. The van der Waals surface area contributed by atoms with Gasteiger partial charge in [0, 0.05) is 5.56 Å². The zero-order valence-corrected chi connectivity index (χ0v) is 12.8. The van der Waals surface area contributed by atoms with Gasteiger partial charge in [0.15, 0.2) is 0 Å². The Balaban J connectivity index is 2.13. The Hall–Kier alpha value is -1.87. The highest BCUT2D eigenvalue weighted by Gasteiger charge is 2.22. The van der Waals surface area contributed by atoms with E-state index in [1.807, 2.05) is 18.2 Å². The Kier molecular flexibility index (Phi) is 4.44. The van der Waals surface area contributed by atoms with Crippen LogP contribution < -0.4 is 4.74 Å². The quantitative estimate of drug-likeness (QED) is 0.890. The van der Waals surface area contributed by atoms with Crippen molar-refractivity contribution in [2.75, 3.05) is 7.11 Å². The van der Waals surface area contributed by atoms with E-state index in [4.69, 9.17) is 4.74 Å². The van der Waals surface area contributed by atoms with Crippen molar-refractivity contribution in [3.63, 3.8) is 0 Å². The van der Waals surface area contributed by atoms with Gasteiger partial charge in [-0.2, -0.15) is 0 Å². The molecule has 3 rings (SSSR count). The molecule has 0 saturated heterocycles. The van der Waals surface area contributed by atoms with Crippen molar-refractivity contribution in [1.29, 1.82) is 0 Å². The van der Waals surface area contributed by atoms with E-state index in [-0.39, 0.29) is 12.4 Å². The van der Waals surface area contributed by atoms with Gasteiger partial charge >= 0.3 is 0 Å². The number of rotatable bonds is 4. The van der Waals surface area contributed by atoms with E-state index < -0.39 is 0 Å². The monoisotopic (exact) mass is 300 g/mol. The molecule has 0 heterocycles. The van der Waals surface area contributed by atoms with Crippen LogP contribution in [-0.4, -0.2) is 12.2 Å². The number of halogens is 1. The number of aliphatic hydroxyl groups excluding tert-OH is 1. The molecule has 2 aromatic carbocycles. The molecule has 0 unspecified atom stereocenters. The van der Waals surface area contributed by atoms with Crippen molar-refractivity contribution in [2.45, 2.75) is 38.2 Å². The third kappa shape index (κ3) is 2.86. The van der Waals surface area contributed by atoms with E-state index in [1.165, 1.54) is 18.9 Å². The van der Waals surface area contributed by atoms with Crippen molar-refractivity contribution in [1.82, 2.24) is 0 Å². The predicted octanol–water partition coefficient (Wildman–Crippen LogP) is 4.65. The first kappa shape index (κ1) is 15.0. The van der Waals surface area contributed by atoms with Crippen molar-refractivity contribution in [3.05, 3.63) is 53.3 Å². The molecule has 22 heavy (non-hydrogen) atoms. The molecule has 0 aromatic heterocycles. The Morgan fingerprint density at radius 1 is 1.09 bits per heavy atom. The largest absolute Gasteiger partial charge is 0.497 e. The van der Waals surface area contributed by atoms with Gasteiger partial charge in [0.25, 0.3) is 0 Å². The minimum atomic E-state index is -0.239. The van der Waals surface area contributed by atoms with Gasteiger partial charge in [-0.25, -0.2) is 4.39 Å². The third-order valence-electron chi connectivity index (χ3n) is 4.56. The lowest BCUT2D eigenvalue weighted by molar-refractivity contribution is 0.281. The highest BCUT2D eigenvalue weighted by Crippen LogP contribution is 2.41. The lowest BCUT2D eigenvalue weighted by atomic mass is 9.88. The molecule has 1 saturated carbocycles. The van der Waals surface area contributed by atoms with Crippen molar-refractivity contribution in [3.8, 4) is 16.9 Å². The van der Waals surface area contributed by atoms with E-state index in [1.54, 1.807) is 19.2 Å². The highest BCUT2D eigenvalue weighted by molar-refractivity contribution is 5.70. The fraction of sp³-hybridized carbons (Fsp3) is 0.368. The summed E-state index contributed by atoms with van der Waals surface area (Å²) >= 11 is 0. The van der Waals surface area contributed by atoms with Crippen LogP contribution >= 0.6 is 0 Å². The Morgan fingerprint density at radius 2 is 1.86 bits per heavy atom. The molecule has 0 amide bonds. The Morgan fingerprint density at radius 3 is 2.55 bits per heavy atom. The van der Waals surface area contributed by atoms with E-state index in [9.17, 15) is 9.50 Å². The minimum Gasteiger partial charge on any atom is -0.497 e. The molecule has 0 spiro atoms. The smallest absolute Gasteiger partial charge is 0.131 e. The molecular weight excluding hydrogens is 279 g/mol. The highest BCUT2D eigenvalue weighted by atomic mass is 19.1. The van der Waals surface area contributed by atoms with Crippen LogP contribution in [0, 0.1) is 5.82 Å². The number of benzene rings is 2. The lowest BCUT2D eigenvalue weighted by Crippen LogP contribution is -2.00. The summed E-state index contributed by atoms with van der Waals surface area (Å²) in [4.78, 5) is 0. The van der Waals surface area contributed by atoms with Crippen LogP contribution in [0.25, 0.3) is 11.1 Å². The van der Waals surface area contributed by atoms with E-state index in [0.29, 0.717) is 17.2 Å². The average molecular weight is 300 g/mol. The maximum atomic E-state index is 14.3.